The molecule has 1 N–H and O–H groups in total. The van der Waals surface area contributed by atoms with Crippen LogP contribution < -0.4 is 9.62 Å². The first-order valence-electron chi connectivity index (χ1n) is 8.04. The van der Waals surface area contributed by atoms with Gasteiger partial charge in [0.2, 0.25) is 15.9 Å². The minimum atomic E-state index is -4.22. The van der Waals surface area contributed by atoms with Crippen LogP contribution in [0.25, 0.3) is 0 Å². The Balaban J connectivity index is 1.81. The summed E-state index contributed by atoms with van der Waals surface area (Å²) in [5, 5.41) is 0. The Bertz CT molecular complexity index is 956. The minimum absolute atomic E-state index is 0.267. The number of amides is 1. The summed E-state index contributed by atoms with van der Waals surface area (Å²) in [6.07, 6.45) is 0.267. The topological polar surface area (TPSA) is 66.5 Å². The molecule has 0 radical (unpaired) electrons. The molecule has 3 rings (SSSR count). The van der Waals surface area contributed by atoms with E-state index in [0.29, 0.717) is 30.4 Å². The molecule has 0 spiro atoms. The van der Waals surface area contributed by atoms with E-state index >= 15 is 0 Å². The average molecular weight is 380 g/mol. The maximum atomic E-state index is 13.3. The fourth-order valence-electron chi connectivity index (χ4n) is 2.88. The second-order valence-electron chi connectivity index (χ2n) is 6.33. The van der Waals surface area contributed by atoms with Gasteiger partial charge in [-0.15, -0.1) is 0 Å². The molecule has 0 aromatic heterocycles. The van der Waals surface area contributed by atoms with Crippen molar-refractivity contribution in [3.63, 3.8) is 0 Å². The Morgan fingerprint density at radius 1 is 1.04 bits per heavy atom. The fraction of sp³-hybridized carbons (Fsp3) is 0.278. The fourth-order valence-corrected chi connectivity index (χ4v) is 4.14. The maximum Gasteiger partial charge on any atom is 0.245 e. The van der Waals surface area contributed by atoms with Crippen molar-refractivity contribution in [2.45, 2.75) is 31.2 Å². The molecule has 1 heterocycles. The van der Waals surface area contributed by atoms with Crippen LogP contribution in [0, 0.1) is 25.5 Å². The predicted octanol–water partition coefficient (Wildman–Crippen LogP) is 2.67. The number of sulfonamides is 1. The minimum Gasteiger partial charge on any atom is -0.311 e. The highest BCUT2D eigenvalue weighted by Gasteiger charge is 2.36. The lowest BCUT2D eigenvalue weighted by molar-refractivity contribution is -0.118. The van der Waals surface area contributed by atoms with Gasteiger partial charge in [0.15, 0.2) is 0 Å². The molecule has 0 bridgehead atoms. The summed E-state index contributed by atoms with van der Waals surface area (Å²) < 4.78 is 53.6. The van der Waals surface area contributed by atoms with Crippen molar-refractivity contribution in [1.82, 2.24) is 4.72 Å². The van der Waals surface area contributed by atoms with Crippen LogP contribution in [-0.2, 0) is 14.8 Å². The van der Waals surface area contributed by atoms with Crippen LogP contribution in [0.4, 0.5) is 14.5 Å². The summed E-state index contributed by atoms with van der Waals surface area (Å²) in [5.74, 6) is -2.39. The number of aryl methyl sites for hydroxylation is 2. The van der Waals surface area contributed by atoms with Gasteiger partial charge in [-0.2, -0.15) is 4.72 Å². The van der Waals surface area contributed by atoms with E-state index in [-0.39, 0.29) is 6.42 Å². The van der Waals surface area contributed by atoms with Crippen molar-refractivity contribution in [2.75, 3.05) is 11.4 Å². The number of benzene rings is 2. The Hall–Kier alpha value is -2.32. The van der Waals surface area contributed by atoms with E-state index in [4.69, 9.17) is 0 Å². The monoisotopic (exact) mass is 380 g/mol. The zero-order valence-corrected chi connectivity index (χ0v) is 15.1. The highest BCUT2D eigenvalue weighted by molar-refractivity contribution is 7.89. The molecule has 5 nitrogen and oxygen atoms in total. The molecule has 0 unspecified atom stereocenters. The molecule has 1 aliphatic rings. The molecule has 2 aromatic rings. The number of anilines is 1. The molecular weight excluding hydrogens is 362 g/mol. The van der Waals surface area contributed by atoms with Crippen molar-refractivity contribution in [3.8, 4) is 0 Å². The number of carbonyl (C=O) groups excluding carboxylic acids is 1. The van der Waals surface area contributed by atoms with Crippen molar-refractivity contribution in [3.05, 3.63) is 59.2 Å². The third kappa shape index (κ3) is 3.61. The highest BCUT2D eigenvalue weighted by atomic mass is 32.2. The summed E-state index contributed by atoms with van der Waals surface area (Å²) in [7, 11) is -4.22. The summed E-state index contributed by atoms with van der Waals surface area (Å²) in [6, 6.07) is 6.60. The number of hydrogen-bond acceptors (Lipinski definition) is 3. The van der Waals surface area contributed by atoms with Crippen LogP contribution in [0.15, 0.2) is 41.3 Å². The molecule has 1 atom stereocenters. The van der Waals surface area contributed by atoms with Crippen molar-refractivity contribution >= 4 is 21.6 Å². The Labute approximate surface area is 150 Å². The number of rotatable bonds is 4. The Kier molecular flexibility index (Phi) is 4.81. The number of halogens is 2. The first kappa shape index (κ1) is 18.5. The normalized spacial score (nSPS) is 17.8. The van der Waals surface area contributed by atoms with Gasteiger partial charge in [0.1, 0.15) is 17.7 Å². The van der Waals surface area contributed by atoms with Gasteiger partial charge in [-0.05, 0) is 55.7 Å². The van der Waals surface area contributed by atoms with Crippen LogP contribution in [0.1, 0.15) is 17.5 Å². The molecule has 1 aliphatic heterocycles. The number of carbonyl (C=O) groups is 1. The lowest BCUT2D eigenvalue weighted by Gasteiger charge is -2.18. The molecule has 1 saturated heterocycles. The molecule has 0 aliphatic carbocycles. The van der Waals surface area contributed by atoms with E-state index < -0.39 is 38.5 Å². The number of hydrogen-bond donors (Lipinski definition) is 1. The summed E-state index contributed by atoms with van der Waals surface area (Å²) in [5.41, 5.74) is 2.80. The van der Waals surface area contributed by atoms with E-state index in [1.807, 2.05) is 26.0 Å². The van der Waals surface area contributed by atoms with Gasteiger partial charge in [0.05, 0.1) is 4.90 Å². The third-order valence-electron chi connectivity index (χ3n) is 4.45. The average Bonchev–Trinajstić information content (AvgIpc) is 2.89. The van der Waals surface area contributed by atoms with Gasteiger partial charge < -0.3 is 4.90 Å². The Morgan fingerprint density at radius 2 is 1.69 bits per heavy atom. The maximum absolute atomic E-state index is 13.3. The van der Waals surface area contributed by atoms with Crippen molar-refractivity contribution in [1.29, 1.82) is 0 Å². The van der Waals surface area contributed by atoms with Gasteiger partial charge in [-0.25, -0.2) is 17.2 Å². The van der Waals surface area contributed by atoms with Gasteiger partial charge in [0.25, 0.3) is 0 Å². The molecule has 8 heteroatoms. The van der Waals surface area contributed by atoms with Gasteiger partial charge in [-0.1, -0.05) is 6.07 Å². The molecule has 138 valence electrons. The summed E-state index contributed by atoms with van der Waals surface area (Å²) >= 11 is 0. The van der Waals surface area contributed by atoms with Gasteiger partial charge in [-0.3, -0.25) is 4.79 Å². The molecular formula is C18H18F2N2O3S. The van der Waals surface area contributed by atoms with E-state index in [1.165, 1.54) is 4.90 Å². The van der Waals surface area contributed by atoms with E-state index in [2.05, 4.69) is 4.72 Å². The largest absolute Gasteiger partial charge is 0.311 e. The van der Waals surface area contributed by atoms with Gasteiger partial charge in [0, 0.05) is 18.3 Å². The SMILES string of the molecule is Cc1ccc(N2CC[C@H](NS(=O)(=O)c3cc(F)cc(F)c3)C2=O)cc1C. The first-order chi connectivity index (χ1) is 12.2. The Morgan fingerprint density at radius 3 is 2.31 bits per heavy atom. The quantitative estimate of drug-likeness (QED) is 0.887. The van der Waals surface area contributed by atoms with Crippen LogP contribution in [0.5, 0.6) is 0 Å². The lowest BCUT2D eigenvalue weighted by atomic mass is 10.1. The number of nitrogens with one attached hydrogen (secondary N) is 1. The predicted molar refractivity (Wildman–Crippen MR) is 93.4 cm³/mol. The third-order valence-corrected chi connectivity index (χ3v) is 5.90. The molecule has 1 amide bonds. The standard InChI is InChI=1S/C18H18F2N2O3S/c1-11-3-4-15(7-12(11)2)22-6-5-17(18(22)23)21-26(24,25)16-9-13(19)8-14(20)10-16/h3-4,7-10,17,21H,5-6H2,1-2H3/t17-/m0/s1. The second kappa shape index (κ2) is 6.77. The smallest absolute Gasteiger partial charge is 0.245 e. The van der Waals surface area contributed by atoms with Gasteiger partial charge >= 0.3 is 0 Å². The second-order valence-corrected chi connectivity index (χ2v) is 8.04. The van der Waals surface area contributed by atoms with Crippen LogP contribution in [-0.4, -0.2) is 26.9 Å². The zero-order valence-electron chi connectivity index (χ0n) is 14.3. The summed E-state index contributed by atoms with van der Waals surface area (Å²) in [4.78, 5) is 13.6. The summed E-state index contributed by atoms with van der Waals surface area (Å²) in [6.45, 7) is 4.24. The van der Waals surface area contributed by atoms with Crippen molar-refractivity contribution in [2.24, 2.45) is 0 Å². The van der Waals surface area contributed by atoms with Crippen molar-refractivity contribution < 1.29 is 22.0 Å². The van der Waals surface area contributed by atoms with Crippen LogP contribution in [0.2, 0.25) is 0 Å². The van der Waals surface area contributed by atoms with E-state index in [1.54, 1.807) is 6.07 Å². The number of nitrogens with zero attached hydrogens (tertiary/aromatic N) is 1. The molecule has 2 aromatic carbocycles. The van der Waals surface area contributed by atoms with E-state index in [0.717, 1.165) is 11.1 Å². The first-order valence-corrected chi connectivity index (χ1v) is 9.53. The molecule has 0 saturated carbocycles. The van der Waals surface area contributed by atoms with Crippen LogP contribution >= 0.6 is 0 Å². The van der Waals surface area contributed by atoms with Crippen LogP contribution in [0.3, 0.4) is 0 Å². The molecule has 1 fully saturated rings. The molecule has 26 heavy (non-hydrogen) atoms. The lowest BCUT2D eigenvalue weighted by Crippen LogP contribution is -2.41. The zero-order chi connectivity index (χ0) is 19.1. The van der Waals surface area contributed by atoms with E-state index in [9.17, 15) is 22.0 Å². The highest BCUT2D eigenvalue weighted by Crippen LogP contribution is 2.25.